The lowest BCUT2D eigenvalue weighted by Gasteiger charge is -2.35. The first kappa shape index (κ1) is 36.3. The third-order valence-electron chi connectivity index (χ3n) is 13.8. The highest BCUT2D eigenvalue weighted by Crippen LogP contribution is 2.57. The quantitative estimate of drug-likeness (QED) is 0.167. The van der Waals surface area contributed by atoms with Gasteiger partial charge in [-0.15, -0.1) is 11.3 Å². The van der Waals surface area contributed by atoms with Crippen molar-refractivity contribution >= 4 is 92.4 Å². The van der Waals surface area contributed by atoms with Crippen molar-refractivity contribution < 1.29 is 8.83 Å². The number of furan rings is 2. The number of nitrogens with zero attached hydrogens (tertiary/aromatic N) is 1. The molecule has 65 heavy (non-hydrogen) atoms. The van der Waals surface area contributed by atoms with Crippen molar-refractivity contribution in [2.24, 2.45) is 0 Å². The molecule has 3 nitrogen and oxygen atoms in total. The van der Waals surface area contributed by atoms with E-state index in [-0.39, 0.29) is 0 Å². The molecule has 0 saturated carbocycles. The Balaban J connectivity index is 0.980. The van der Waals surface area contributed by atoms with Crippen molar-refractivity contribution in [3.8, 4) is 22.3 Å². The van der Waals surface area contributed by atoms with E-state index >= 15 is 0 Å². The van der Waals surface area contributed by atoms with Crippen LogP contribution in [0.4, 0.5) is 17.1 Å². The second-order valence-corrected chi connectivity index (χ2v) is 18.2. The molecule has 0 atom stereocenters. The number of rotatable bonds is 6. The maximum absolute atomic E-state index is 6.58. The van der Waals surface area contributed by atoms with Crippen LogP contribution < -0.4 is 4.90 Å². The van der Waals surface area contributed by atoms with Crippen LogP contribution in [0.2, 0.25) is 0 Å². The average molecular weight is 848 g/mol. The van der Waals surface area contributed by atoms with Crippen LogP contribution in [0.3, 0.4) is 0 Å². The second-order valence-electron chi connectivity index (χ2n) is 17.1. The van der Waals surface area contributed by atoms with E-state index in [0.29, 0.717) is 0 Å². The summed E-state index contributed by atoms with van der Waals surface area (Å²) in [5, 5.41) is 7.10. The predicted octanol–water partition coefficient (Wildman–Crippen LogP) is 17.4. The Labute approximate surface area is 378 Å². The topological polar surface area (TPSA) is 29.5 Å². The molecule has 1 aliphatic rings. The highest BCUT2D eigenvalue weighted by Gasteiger charge is 2.46. The molecule has 0 spiro atoms. The Morgan fingerprint density at radius 3 is 1.77 bits per heavy atom. The number of benzene rings is 10. The van der Waals surface area contributed by atoms with Crippen molar-refractivity contribution in [3.63, 3.8) is 0 Å². The lowest BCUT2D eigenvalue weighted by Crippen LogP contribution is -2.28. The molecule has 0 saturated heterocycles. The maximum Gasteiger partial charge on any atom is 0.137 e. The largest absolute Gasteiger partial charge is 0.456 e. The van der Waals surface area contributed by atoms with Gasteiger partial charge in [0.15, 0.2) is 0 Å². The van der Waals surface area contributed by atoms with Crippen LogP contribution in [0.15, 0.2) is 233 Å². The zero-order chi connectivity index (χ0) is 42.6. The molecule has 1 aliphatic carbocycles. The van der Waals surface area contributed by atoms with E-state index < -0.39 is 5.41 Å². The highest BCUT2D eigenvalue weighted by atomic mass is 32.1. The molecule has 0 bridgehead atoms. The summed E-state index contributed by atoms with van der Waals surface area (Å²) in [6.45, 7) is 0. The predicted molar refractivity (Wildman–Crippen MR) is 271 cm³/mol. The fraction of sp³-hybridized carbons (Fsp3) is 0.0164. The van der Waals surface area contributed by atoms with Gasteiger partial charge in [-0.25, -0.2) is 0 Å². The molecule has 0 aliphatic heterocycles. The Kier molecular flexibility index (Phi) is 7.77. The van der Waals surface area contributed by atoms with Crippen molar-refractivity contribution in [1.29, 1.82) is 0 Å². The van der Waals surface area contributed by atoms with Gasteiger partial charge in [0.05, 0.1) is 5.41 Å². The minimum absolute atomic E-state index is 0.533. The Bertz CT molecular complexity index is 3970. The zero-order valence-electron chi connectivity index (χ0n) is 35.0. The molecule has 0 N–H and O–H groups in total. The van der Waals surface area contributed by atoms with Gasteiger partial charge in [-0.1, -0.05) is 152 Å². The van der Waals surface area contributed by atoms with Crippen LogP contribution in [-0.4, -0.2) is 0 Å². The average Bonchev–Trinajstić information content (AvgIpc) is 4.13. The summed E-state index contributed by atoms with van der Waals surface area (Å²) in [5.41, 5.74) is 15.9. The van der Waals surface area contributed by atoms with Gasteiger partial charge < -0.3 is 13.7 Å². The van der Waals surface area contributed by atoms with Crippen LogP contribution in [0, 0.1) is 0 Å². The molecule has 0 unspecified atom stereocenters. The molecule has 0 fully saturated rings. The third kappa shape index (κ3) is 5.23. The molecular formula is C61H37NO2S. The first-order chi connectivity index (χ1) is 32.2. The van der Waals surface area contributed by atoms with Crippen LogP contribution >= 0.6 is 11.3 Å². The summed E-state index contributed by atoms with van der Waals surface area (Å²) in [6.07, 6.45) is 0. The van der Waals surface area contributed by atoms with Crippen LogP contribution in [-0.2, 0) is 5.41 Å². The number of fused-ring (bicyclic) bond motifs is 13. The zero-order valence-corrected chi connectivity index (χ0v) is 35.9. The van der Waals surface area contributed by atoms with Crippen molar-refractivity contribution in [2.45, 2.75) is 5.41 Å². The van der Waals surface area contributed by atoms with E-state index in [1.165, 1.54) is 58.9 Å². The van der Waals surface area contributed by atoms with Gasteiger partial charge in [0, 0.05) is 64.8 Å². The molecular weight excluding hydrogens is 811 g/mol. The maximum atomic E-state index is 6.58. The number of hydrogen-bond acceptors (Lipinski definition) is 4. The first-order valence-corrected chi connectivity index (χ1v) is 23.0. The van der Waals surface area contributed by atoms with Crippen molar-refractivity contribution in [2.75, 3.05) is 4.90 Å². The molecule has 10 aromatic carbocycles. The van der Waals surface area contributed by atoms with Gasteiger partial charge in [0.1, 0.15) is 22.3 Å². The van der Waals surface area contributed by atoms with Crippen molar-refractivity contribution in [1.82, 2.24) is 0 Å². The normalized spacial score (nSPS) is 13.0. The smallest absolute Gasteiger partial charge is 0.137 e. The molecule has 13 aromatic rings. The lowest BCUT2D eigenvalue weighted by molar-refractivity contribution is 0.668. The molecule has 0 amide bonds. The minimum atomic E-state index is -0.533. The van der Waals surface area contributed by atoms with Crippen molar-refractivity contribution in [3.05, 3.63) is 247 Å². The molecule has 3 heterocycles. The molecule has 304 valence electrons. The van der Waals surface area contributed by atoms with Gasteiger partial charge in [0.2, 0.25) is 0 Å². The number of hydrogen-bond donors (Lipinski definition) is 0. The van der Waals surface area contributed by atoms with E-state index in [9.17, 15) is 0 Å². The summed E-state index contributed by atoms with van der Waals surface area (Å²) < 4.78 is 15.7. The van der Waals surface area contributed by atoms with E-state index in [1.54, 1.807) is 0 Å². The monoisotopic (exact) mass is 847 g/mol. The minimum Gasteiger partial charge on any atom is -0.456 e. The number of thiophene rings is 1. The summed E-state index contributed by atoms with van der Waals surface area (Å²) in [7, 11) is 0. The molecule has 3 aromatic heterocycles. The number of anilines is 3. The Morgan fingerprint density at radius 2 is 0.938 bits per heavy atom. The Hall–Kier alpha value is -8.18. The SMILES string of the molecule is c1ccc(C2(c3ccccc3)c3ccccc3-c3ccc(N(c4ccc(-c5cccc6oc7ccc8c9ccccc9sc8c7c56)cc4)c4ccc5c(c4)oc4ccccc45)cc32)cc1. The highest BCUT2D eigenvalue weighted by molar-refractivity contribution is 7.26. The van der Waals surface area contributed by atoms with Crippen LogP contribution in [0.5, 0.6) is 0 Å². The fourth-order valence-corrected chi connectivity index (χ4v) is 12.2. The van der Waals surface area contributed by atoms with Gasteiger partial charge in [-0.05, 0) is 111 Å². The van der Waals surface area contributed by atoms with E-state index in [2.05, 4.69) is 217 Å². The van der Waals surface area contributed by atoms with E-state index in [4.69, 9.17) is 8.83 Å². The fourth-order valence-electron chi connectivity index (χ4n) is 11.0. The summed E-state index contributed by atoms with van der Waals surface area (Å²) in [4.78, 5) is 2.38. The summed E-state index contributed by atoms with van der Waals surface area (Å²) >= 11 is 1.84. The standard InChI is InChI=1S/C61H37NO2S/c1-3-14-39(15-4-1)61(40-16-5-2-6-17-40)51-22-10-7-18-45(51)46-32-30-42(36-52(46)61)62(43-31-33-48-47-19-8-11-23-53(47)63-56(48)37-43)41-28-26-38(27-29-41)44-21-13-24-54-58(44)59-55(64-54)35-34-50-49-20-9-12-25-57(49)65-60(50)59/h1-37H. The van der Waals surface area contributed by atoms with Gasteiger partial charge in [0.25, 0.3) is 0 Å². The van der Waals surface area contributed by atoms with E-state index in [1.807, 2.05) is 23.5 Å². The van der Waals surface area contributed by atoms with Gasteiger partial charge >= 0.3 is 0 Å². The summed E-state index contributed by atoms with van der Waals surface area (Å²) in [5.74, 6) is 0. The molecule has 0 radical (unpaired) electrons. The van der Waals surface area contributed by atoms with Crippen LogP contribution in [0.25, 0.3) is 86.3 Å². The third-order valence-corrected chi connectivity index (χ3v) is 15.0. The first-order valence-electron chi connectivity index (χ1n) is 22.2. The van der Waals surface area contributed by atoms with Gasteiger partial charge in [-0.2, -0.15) is 0 Å². The Morgan fingerprint density at radius 1 is 0.354 bits per heavy atom. The molecule has 4 heteroatoms. The van der Waals surface area contributed by atoms with E-state index in [0.717, 1.165) is 66.7 Å². The summed E-state index contributed by atoms with van der Waals surface area (Å²) in [6, 6.07) is 81.5. The number of para-hydroxylation sites is 1. The second kappa shape index (κ2) is 13.9. The molecule has 14 rings (SSSR count). The van der Waals surface area contributed by atoms with Crippen LogP contribution in [0.1, 0.15) is 22.3 Å². The van der Waals surface area contributed by atoms with Gasteiger partial charge in [-0.3, -0.25) is 0 Å². The lowest BCUT2D eigenvalue weighted by atomic mass is 9.67.